The van der Waals surface area contributed by atoms with Gasteiger partial charge < -0.3 is 25.0 Å². The van der Waals surface area contributed by atoms with Crippen LogP contribution in [0, 0.1) is 23.3 Å². The summed E-state index contributed by atoms with van der Waals surface area (Å²) in [6, 6.07) is 11.8. The van der Waals surface area contributed by atoms with Crippen molar-refractivity contribution in [1.82, 2.24) is 9.88 Å². The third-order valence-corrected chi connectivity index (χ3v) is 7.47. The molecule has 0 fully saturated rings. The van der Waals surface area contributed by atoms with Gasteiger partial charge in [0.25, 0.3) is 11.5 Å². The predicted molar refractivity (Wildman–Crippen MR) is 165 cm³/mol. The Kier molecular flexibility index (Phi) is 11.6. The minimum Gasteiger partial charge on any atom is -0.481 e. The Bertz CT molecular complexity index is 1900. The van der Waals surface area contributed by atoms with E-state index in [1.807, 2.05) is 0 Å². The number of carbonyl (C=O) groups excluding carboxylic acids is 3. The first-order valence-electron chi connectivity index (χ1n) is 13.8. The fraction of sp³-hybridized carbons (Fsp3) is 0.156. The Morgan fingerprint density at radius 1 is 0.875 bits per heavy atom. The lowest BCUT2D eigenvalue weighted by molar-refractivity contribution is -0.140. The van der Waals surface area contributed by atoms with E-state index in [-0.39, 0.29) is 33.8 Å². The topological polar surface area (TPSA) is 144 Å². The first-order chi connectivity index (χ1) is 22.8. The molecule has 250 valence electrons. The summed E-state index contributed by atoms with van der Waals surface area (Å²) in [7, 11) is 0. The van der Waals surface area contributed by atoms with Crippen molar-refractivity contribution in [3.63, 3.8) is 0 Å². The molecule has 0 radical (unpaired) electrons. The first kappa shape index (κ1) is 35.6. The Morgan fingerprint density at radius 2 is 1.50 bits per heavy atom. The number of hydrogen-bond donors (Lipinski definition) is 3. The molecule has 0 aliphatic carbocycles. The molecule has 1 aromatic heterocycles. The molecule has 4 aromatic rings. The number of ether oxygens (including phenoxy) is 1. The van der Waals surface area contributed by atoms with E-state index in [4.69, 9.17) is 23.2 Å². The SMILES string of the molecule is O=C(O)C[C@H](NC(=O)[C@H](Cc1ccccc1)n1cccc(NC(=O)c2c(Cl)cccc2Cl)c1=O)C(=O)COc1c(F)c(F)cc(F)c1F. The quantitative estimate of drug-likeness (QED) is 0.125. The molecule has 0 aliphatic rings. The summed E-state index contributed by atoms with van der Waals surface area (Å²) in [4.78, 5) is 64.8. The monoisotopic (exact) mass is 707 g/mol. The van der Waals surface area contributed by atoms with Crippen molar-refractivity contribution in [3.8, 4) is 5.75 Å². The number of hydrogen-bond acceptors (Lipinski definition) is 6. The molecule has 0 unspecified atom stereocenters. The van der Waals surface area contributed by atoms with Crippen LogP contribution in [-0.2, 0) is 20.8 Å². The van der Waals surface area contributed by atoms with Crippen molar-refractivity contribution >= 4 is 52.5 Å². The number of pyridine rings is 1. The van der Waals surface area contributed by atoms with Gasteiger partial charge in [-0.1, -0.05) is 59.6 Å². The number of amides is 2. The van der Waals surface area contributed by atoms with Gasteiger partial charge in [-0.15, -0.1) is 0 Å². The Labute approximate surface area is 278 Å². The molecule has 0 spiro atoms. The van der Waals surface area contributed by atoms with E-state index in [1.54, 1.807) is 30.3 Å². The van der Waals surface area contributed by atoms with Gasteiger partial charge in [0.1, 0.15) is 24.4 Å². The highest BCUT2D eigenvalue weighted by atomic mass is 35.5. The fourth-order valence-electron chi connectivity index (χ4n) is 4.51. The average molecular weight is 708 g/mol. The zero-order chi connectivity index (χ0) is 35.1. The van der Waals surface area contributed by atoms with Crippen molar-refractivity contribution in [2.24, 2.45) is 0 Å². The maximum Gasteiger partial charge on any atom is 0.305 e. The van der Waals surface area contributed by atoms with E-state index in [9.17, 15) is 46.6 Å². The van der Waals surface area contributed by atoms with Gasteiger partial charge in [0.2, 0.25) is 17.5 Å². The number of aliphatic carboxylic acids is 1. The maximum absolute atomic E-state index is 14.0. The van der Waals surface area contributed by atoms with Crippen LogP contribution in [0.25, 0.3) is 0 Å². The largest absolute Gasteiger partial charge is 0.481 e. The molecule has 0 saturated heterocycles. The van der Waals surface area contributed by atoms with Gasteiger partial charge in [-0.3, -0.25) is 24.0 Å². The second kappa shape index (κ2) is 15.6. The number of halogens is 6. The fourth-order valence-corrected chi connectivity index (χ4v) is 5.08. The van der Waals surface area contributed by atoms with Crippen LogP contribution >= 0.6 is 23.2 Å². The number of nitrogens with one attached hydrogen (secondary N) is 2. The van der Waals surface area contributed by atoms with E-state index < -0.39 is 83.3 Å². The van der Waals surface area contributed by atoms with Crippen LogP contribution in [0.4, 0.5) is 23.2 Å². The molecule has 48 heavy (non-hydrogen) atoms. The molecule has 0 aliphatic heterocycles. The Balaban J connectivity index is 1.64. The number of Topliss-reactive ketones (excluding diaryl/α,β-unsaturated/α-hetero) is 1. The summed E-state index contributed by atoms with van der Waals surface area (Å²) >= 11 is 12.2. The third-order valence-electron chi connectivity index (χ3n) is 6.84. The highest BCUT2D eigenvalue weighted by Crippen LogP contribution is 2.27. The van der Waals surface area contributed by atoms with Crippen LogP contribution in [0.15, 0.2) is 77.7 Å². The number of ketones is 1. The minimum atomic E-state index is -1.94. The van der Waals surface area contributed by atoms with Gasteiger partial charge in [0.15, 0.2) is 23.2 Å². The van der Waals surface area contributed by atoms with Gasteiger partial charge in [0, 0.05) is 18.7 Å². The van der Waals surface area contributed by atoms with Crippen LogP contribution in [0.5, 0.6) is 5.75 Å². The van der Waals surface area contributed by atoms with Crippen molar-refractivity contribution in [2.75, 3.05) is 11.9 Å². The summed E-state index contributed by atoms with van der Waals surface area (Å²) in [5.41, 5.74) is -0.756. The van der Waals surface area contributed by atoms with Crippen LogP contribution in [0.3, 0.4) is 0 Å². The summed E-state index contributed by atoms with van der Waals surface area (Å²) in [5, 5.41) is 14.0. The molecule has 0 bridgehead atoms. The number of nitrogens with zero attached hydrogens (tertiary/aromatic N) is 1. The summed E-state index contributed by atoms with van der Waals surface area (Å²) < 4.78 is 60.9. The standard InChI is InChI=1S/C32H23Cl2F4N3O7/c33-17-8-4-9-18(34)26(17)31(46)39-21-10-5-11-41(32(21)47)23(12-16-6-2-1-3-7-16)30(45)40-22(14-25(43)44)24(42)15-48-29-27(37)19(35)13-20(36)28(29)38/h1-11,13,22-23H,12,14-15H2,(H,39,46)(H,40,45)(H,43,44)/t22-,23-/m0/s1. The molecule has 0 saturated carbocycles. The third kappa shape index (κ3) is 8.38. The number of carboxylic acids is 1. The predicted octanol–water partition coefficient (Wildman–Crippen LogP) is 5.36. The van der Waals surface area contributed by atoms with Gasteiger partial charge >= 0.3 is 5.97 Å². The van der Waals surface area contributed by atoms with E-state index in [0.717, 1.165) is 4.57 Å². The zero-order valence-corrected chi connectivity index (χ0v) is 25.8. The average Bonchev–Trinajstić information content (AvgIpc) is 3.03. The van der Waals surface area contributed by atoms with Crippen LogP contribution in [0.1, 0.15) is 28.4 Å². The number of aromatic nitrogens is 1. The lowest BCUT2D eigenvalue weighted by Crippen LogP contribution is -2.48. The number of benzene rings is 3. The van der Waals surface area contributed by atoms with Gasteiger partial charge in [-0.25, -0.2) is 8.78 Å². The lowest BCUT2D eigenvalue weighted by atomic mass is 10.0. The lowest BCUT2D eigenvalue weighted by Gasteiger charge is -2.23. The number of carboxylic acid groups (broad SMARTS) is 1. The number of rotatable bonds is 13. The number of anilines is 1. The van der Waals surface area contributed by atoms with Crippen molar-refractivity contribution < 1.29 is 46.6 Å². The summed E-state index contributed by atoms with van der Waals surface area (Å²) in [5.74, 6) is -13.8. The molecule has 10 nitrogen and oxygen atoms in total. The molecule has 4 rings (SSSR count). The molecular weight excluding hydrogens is 685 g/mol. The van der Waals surface area contributed by atoms with Crippen molar-refractivity contribution in [2.45, 2.75) is 24.9 Å². The van der Waals surface area contributed by atoms with E-state index in [1.165, 1.54) is 36.5 Å². The molecule has 2 amide bonds. The molecular formula is C32H23Cl2F4N3O7. The van der Waals surface area contributed by atoms with E-state index >= 15 is 0 Å². The maximum atomic E-state index is 14.0. The van der Waals surface area contributed by atoms with Gasteiger partial charge in [-0.05, 0) is 29.8 Å². The van der Waals surface area contributed by atoms with Crippen molar-refractivity contribution in [1.29, 1.82) is 0 Å². The molecule has 3 N–H and O–H groups in total. The van der Waals surface area contributed by atoms with Crippen molar-refractivity contribution in [3.05, 3.63) is 128 Å². The molecule has 2 atom stereocenters. The zero-order valence-electron chi connectivity index (χ0n) is 24.3. The minimum absolute atomic E-state index is 0.00344. The van der Waals surface area contributed by atoms with Gasteiger partial charge in [-0.2, -0.15) is 8.78 Å². The van der Waals surface area contributed by atoms with E-state index in [2.05, 4.69) is 15.4 Å². The van der Waals surface area contributed by atoms with Gasteiger partial charge in [0.05, 0.1) is 22.0 Å². The Morgan fingerprint density at radius 3 is 2.10 bits per heavy atom. The molecule has 1 heterocycles. The highest BCUT2D eigenvalue weighted by molar-refractivity contribution is 6.40. The van der Waals surface area contributed by atoms with Crippen LogP contribution in [-0.4, -0.2) is 45.9 Å². The second-order valence-corrected chi connectivity index (χ2v) is 10.9. The summed E-state index contributed by atoms with van der Waals surface area (Å²) in [6.45, 7) is -1.30. The normalized spacial score (nSPS) is 12.1. The van der Waals surface area contributed by atoms with Crippen LogP contribution in [0.2, 0.25) is 10.0 Å². The van der Waals surface area contributed by atoms with E-state index in [0.29, 0.717) is 5.56 Å². The number of carbonyl (C=O) groups is 4. The van der Waals surface area contributed by atoms with Crippen LogP contribution < -0.4 is 20.9 Å². The smallest absolute Gasteiger partial charge is 0.305 e. The molecule has 16 heteroatoms. The second-order valence-electron chi connectivity index (χ2n) is 10.1. The summed E-state index contributed by atoms with van der Waals surface area (Å²) in [6.07, 6.45) is -0.00329. The molecule has 3 aromatic carbocycles. The Hall–Kier alpha value is -5.21. The highest BCUT2D eigenvalue weighted by Gasteiger charge is 2.31. The first-order valence-corrected chi connectivity index (χ1v) is 14.5.